The van der Waals surface area contributed by atoms with Crippen LogP contribution in [0.15, 0.2) is 12.4 Å². The normalized spacial score (nSPS) is 18.0. The Balaban J connectivity index is 1.99. The van der Waals surface area contributed by atoms with E-state index in [0.717, 1.165) is 25.1 Å². The molecule has 1 aromatic rings. The molecule has 144 valence electrons. The summed E-state index contributed by atoms with van der Waals surface area (Å²) in [7, 11) is 0. The van der Waals surface area contributed by atoms with Crippen LogP contribution < -0.4 is 5.32 Å². The van der Waals surface area contributed by atoms with Gasteiger partial charge in [0, 0.05) is 38.4 Å². The Morgan fingerprint density at radius 2 is 2.08 bits per heavy atom. The van der Waals surface area contributed by atoms with E-state index >= 15 is 0 Å². The molecule has 1 aliphatic rings. The lowest BCUT2D eigenvalue weighted by atomic mass is 10.1. The second-order valence-electron chi connectivity index (χ2n) is 7.28. The molecule has 2 amide bonds. The molecule has 2 atom stereocenters. The third-order valence-electron chi connectivity index (χ3n) is 4.73. The van der Waals surface area contributed by atoms with E-state index in [1.165, 1.54) is 6.20 Å². The molecule has 1 aromatic heterocycles. The monoisotopic (exact) mass is 362 g/mol. The van der Waals surface area contributed by atoms with Crippen molar-refractivity contribution in [1.29, 1.82) is 0 Å². The zero-order valence-electron chi connectivity index (χ0n) is 16.2. The Morgan fingerprint density at radius 1 is 1.31 bits per heavy atom. The number of hydrogen-bond donors (Lipinski definition) is 1. The van der Waals surface area contributed by atoms with E-state index in [1.54, 1.807) is 11.1 Å². The van der Waals surface area contributed by atoms with Crippen LogP contribution in [0.5, 0.6) is 0 Å². The van der Waals surface area contributed by atoms with Crippen molar-refractivity contribution in [3.8, 4) is 0 Å². The van der Waals surface area contributed by atoms with Gasteiger partial charge >= 0.3 is 0 Å². The zero-order chi connectivity index (χ0) is 19.1. The molecule has 0 radical (unpaired) electrons. The zero-order valence-corrected chi connectivity index (χ0v) is 16.2. The first-order chi connectivity index (χ1) is 12.4. The molecule has 1 saturated heterocycles. The lowest BCUT2D eigenvalue weighted by Gasteiger charge is -2.25. The largest absolute Gasteiger partial charge is 0.376 e. The first-order valence-corrected chi connectivity index (χ1v) is 9.35. The van der Waals surface area contributed by atoms with E-state index in [1.807, 2.05) is 13.8 Å². The molecule has 7 heteroatoms. The Labute approximate surface area is 155 Å². The molecule has 0 spiro atoms. The predicted molar refractivity (Wildman–Crippen MR) is 98.7 cm³/mol. The topological polar surface area (TPSA) is 84.4 Å². The molecular formula is C19H30N4O3. The van der Waals surface area contributed by atoms with E-state index in [9.17, 15) is 9.59 Å². The van der Waals surface area contributed by atoms with Crippen LogP contribution in [0.2, 0.25) is 0 Å². The number of carbonyl (C=O) groups is 2. The molecule has 0 bridgehead atoms. The standard InChI is InChI=1S/C19H30N4O3/c1-13(2)15(4)22-18(24)7-8-23(12-16-6-5-9-26-16)19(25)17-11-20-14(3)10-21-17/h10-11,13,15-16H,5-9,12H2,1-4H3,(H,22,24). The third-order valence-corrected chi connectivity index (χ3v) is 4.73. The molecule has 26 heavy (non-hydrogen) atoms. The molecular weight excluding hydrogens is 332 g/mol. The lowest BCUT2D eigenvalue weighted by Crippen LogP contribution is -2.42. The Kier molecular flexibility index (Phi) is 7.50. The van der Waals surface area contributed by atoms with E-state index in [4.69, 9.17) is 4.74 Å². The van der Waals surface area contributed by atoms with Gasteiger partial charge in [0.1, 0.15) is 5.69 Å². The molecule has 0 saturated carbocycles. The molecule has 0 aliphatic carbocycles. The van der Waals surface area contributed by atoms with Crippen LogP contribution in [0.4, 0.5) is 0 Å². The molecule has 7 nitrogen and oxygen atoms in total. The summed E-state index contributed by atoms with van der Waals surface area (Å²) in [5.41, 5.74) is 1.05. The van der Waals surface area contributed by atoms with Crippen molar-refractivity contribution >= 4 is 11.8 Å². The van der Waals surface area contributed by atoms with Crippen LogP contribution in [0.1, 0.15) is 56.2 Å². The van der Waals surface area contributed by atoms with Crippen LogP contribution in [-0.4, -0.2) is 58.5 Å². The highest BCUT2D eigenvalue weighted by atomic mass is 16.5. The summed E-state index contributed by atoms with van der Waals surface area (Å²) >= 11 is 0. The number of aryl methyl sites for hydroxylation is 1. The SMILES string of the molecule is Cc1cnc(C(=O)N(CCC(=O)NC(C)C(C)C)CC2CCCO2)cn1. The lowest BCUT2D eigenvalue weighted by molar-refractivity contribution is -0.122. The van der Waals surface area contributed by atoms with E-state index in [-0.39, 0.29) is 30.4 Å². The van der Waals surface area contributed by atoms with Crippen molar-refractivity contribution in [1.82, 2.24) is 20.2 Å². The maximum absolute atomic E-state index is 12.8. The fraction of sp³-hybridized carbons (Fsp3) is 0.684. The average molecular weight is 362 g/mol. The van der Waals surface area contributed by atoms with Crippen molar-refractivity contribution < 1.29 is 14.3 Å². The van der Waals surface area contributed by atoms with Crippen LogP contribution in [0, 0.1) is 12.8 Å². The first-order valence-electron chi connectivity index (χ1n) is 9.35. The number of aromatic nitrogens is 2. The first kappa shape index (κ1) is 20.3. The number of nitrogens with one attached hydrogen (secondary N) is 1. The number of amides is 2. The summed E-state index contributed by atoms with van der Waals surface area (Å²) in [6, 6.07) is 0.104. The maximum Gasteiger partial charge on any atom is 0.274 e. The van der Waals surface area contributed by atoms with Crippen LogP contribution in [-0.2, 0) is 9.53 Å². The van der Waals surface area contributed by atoms with E-state index in [2.05, 4.69) is 29.1 Å². The van der Waals surface area contributed by atoms with Crippen LogP contribution in [0.3, 0.4) is 0 Å². The van der Waals surface area contributed by atoms with Crippen LogP contribution in [0.25, 0.3) is 0 Å². The second-order valence-corrected chi connectivity index (χ2v) is 7.28. The van der Waals surface area contributed by atoms with E-state index < -0.39 is 0 Å². The minimum absolute atomic E-state index is 0.0232. The smallest absolute Gasteiger partial charge is 0.274 e. The average Bonchev–Trinajstić information content (AvgIpc) is 3.11. The number of rotatable bonds is 8. The Morgan fingerprint density at radius 3 is 2.65 bits per heavy atom. The summed E-state index contributed by atoms with van der Waals surface area (Å²) in [6.07, 6.45) is 5.28. The Bertz CT molecular complexity index is 597. The summed E-state index contributed by atoms with van der Waals surface area (Å²) in [4.78, 5) is 35.0. The van der Waals surface area contributed by atoms with Crippen molar-refractivity contribution in [2.75, 3.05) is 19.7 Å². The molecule has 1 fully saturated rings. The molecule has 2 heterocycles. The highest BCUT2D eigenvalue weighted by molar-refractivity contribution is 5.92. The molecule has 2 unspecified atom stereocenters. The molecule has 1 aliphatic heterocycles. The number of nitrogens with zero attached hydrogens (tertiary/aromatic N) is 3. The highest BCUT2D eigenvalue weighted by Gasteiger charge is 2.25. The van der Waals surface area contributed by atoms with Gasteiger partial charge in [-0.05, 0) is 32.6 Å². The van der Waals surface area contributed by atoms with Gasteiger partial charge in [-0.2, -0.15) is 0 Å². The maximum atomic E-state index is 12.8. The summed E-state index contributed by atoms with van der Waals surface area (Å²) in [6.45, 7) is 9.48. The van der Waals surface area contributed by atoms with Crippen molar-refractivity contribution in [2.45, 2.75) is 59.1 Å². The number of hydrogen-bond acceptors (Lipinski definition) is 5. The van der Waals surface area contributed by atoms with Gasteiger partial charge in [-0.3, -0.25) is 14.6 Å². The van der Waals surface area contributed by atoms with Gasteiger partial charge in [-0.25, -0.2) is 4.98 Å². The van der Waals surface area contributed by atoms with Crippen LogP contribution >= 0.6 is 0 Å². The summed E-state index contributed by atoms with van der Waals surface area (Å²) in [5.74, 6) is 0.107. The summed E-state index contributed by atoms with van der Waals surface area (Å²) in [5, 5.41) is 2.98. The van der Waals surface area contributed by atoms with Crippen molar-refractivity contribution in [3.05, 3.63) is 23.8 Å². The van der Waals surface area contributed by atoms with Gasteiger partial charge in [-0.1, -0.05) is 13.8 Å². The van der Waals surface area contributed by atoms with Gasteiger partial charge in [0.15, 0.2) is 0 Å². The van der Waals surface area contributed by atoms with E-state index in [0.29, 0.717) is 24.7 Å². The van der Waals surface area contributed by atoms with Gasteiger partial charge in [0.2, 0.25) is 5.91 Å². The van der Waals surface area contributed by atoms with Crippen molar-refractivity contribution in [2.24, 2.45) is 5.92 Å². The number of carbonyl (C=O) groups excluding carboxylic acids is 2. The minimum Gasteiger partial charge on any atom is -0.376 e. The third kappa shape index (κ3) is 6.05. The van der Waals surface area contributed by atoms with Gasteiger partial charge < -0.3 is 15.0 Å². The van der Waals surface area contributed by atoms with Crippen molar-refractivity contribution in [3.63, 3.8) is 0 Å². The van der Waals surface area contributed by atoms with Gasteiger partial charge in [0.25, 0.3) is 5.91 Å². The van der Waals surface area contributed by atoms with Gasteiger partial charge in [0.05, 0.1) is 18.0 Å². The predicted octanol–water partition coefficient (Wildman–Crippen LogP) is 1.96. The fourth-order valence-electron chi connectivity index (χ4n) is 2.70. The van der Waals surface area contributed by atoms with Gasteiger partial charge in [-0.15, -0.1) is 0 Å². The quantitative estimate of drug-likeness (QED) is 0.764. The highest BCUT2D eigenvalue weighted by Crippen LogP contribution is 2.15. The fourth-order valence-corrected chi connectivity index (χ4v) is 2.70. The Hall–Kier alpha value is -2.02. The number of ether oxygens (including phenoxy) is 1. The summed E-state index contributed by atoms with van der Waals surface area (Å²) < 4.78 is 5.66. The molecule has 1 N–H and O–H groups in total. The molecule has 0 aromatic carbocycles. The molecule has 2 rings (SSSR count). The second kappa shape index (κ2) is 9.62. The minimum atomic E-state index is -0.210.